The molecule has 4 nitrogen and oxygen atoms in total. The van der Waals surface area contributed by atoms with Crippen LogP contribution in [0.3, 0.4) is 0 Å². The summed E-state index contributed by atoms with van der Waals surface area (Å²) in [6.07, 6.45) is 3.00. The minimum Gasteiger partial charge on any atom is -0.497 e. The van der Waals surface area contributed by atoms with Crippen molar-refractivity contribution in [1.29, 1.82) is 0 Å². The molecule has 0 radical (unpaired) electrons. The summed E-state index contributed by atoms with van der Waals surface area (Å²) in [6, 6.07) is 15.0. The summed E-state index contributed by atoms with van der Waals surface area (Å²) in [6.45, 7) is 0. The van der Waals surface area contributed by atoms with Crippen LogP contribution < -0.4 is 4.74 Å². The van der Waals surface area contributed by atoms with E-state index < -0.39 is 5.97 Å². The number of rotatable bonds is 5. The molecular weight excluding hydrogens is 326 g/mol. The Bertz CT molecular complexity index is 792. The van der Waals surface area contributed by atoms with Gasteiger partial charge in [0.05, 0.1) is 7.11 Å². The van der Waals surface area contributed by atoms with Crippen molar-refractivity contribution in [2.45, 2.75) is 12.8 Å². The average molecular weight is 342 g/mol. The second-order valence-electron chi connectivity index (χ2n) is 5.32. The minimum atomic E-state index is -0.422. The molecule has 0 bridgehead atoms. The summed E-state index contributed by atoms with van der Waals surface area (Å²) in [5, 5.41) is 0.648. The Labute approximate surface area is 145 Å². The largest absolute Gasteiger partial charge is 0.497 e. The smallest absolute Gasteiger partial charge is 0.363 e. The topological polar surface area (TPSA) is 47.9 Å². The lowest BCUT2D eigenvalue weighted by molar-refractivity contribution is -0.130. The van der Waals surface area contributed by atoms with Crippen molar-refractivity contribution in [2.75, 3.05) is 7.11 Å². The lowest BCUT2D eigenvalue weighted by Gasteiger charge is -2.03. The number of cyclic esters (lactones) is 1. The van der Waals surface area contributed by atoms with Crippen LogP contribution in [0.15, 0.2) is 59.2 Å². The molecule has 5 heteroatoms. The molecule has 2 aromatic carbocycles. The fourth-order valence-electron chi connectivity index (χ4n) is 2.32. The number of aryl methyl sites for hydroxylation is 1. The molecule has 0 spiro atoms. The number of nitrogens with zero attached hydrogens (tertiary/aromatic N) is 1. The summed E-state index contributed by atoms with van der Waals surface area (Å²) in [5.74, 6) is 0.835. The van der Waals surface area contributed by atoms with E-state index in [9.17, 15) is 4.79 Å². The number of halogens is 1. The van der Waals surface area contributed by atoms with Gasteiger partial charge in [-0.05, 0) is 47.9 Å². The van der Waals surface area contributed by atoms with Crippen LogP contribution in [0.25, 0.3) is 6.08 Å². The molecule has 0 aromatic heterocycles. The third-order valence-corrected chi connectivity index (χ3v) is 3.88. The Hall–Kier alpha value is -2.59. The number of hydrogen-bond donors (Lipinski definition) is 0. The van der Waals surface area contributed by atoms with Gasteiger partial charge in [-0.2, -0.15) is 0 Å². The van der Waals surface area contributed by atoms with E-state index >= 15 is 0 Å². The Morgan fingerprint density at radius 2 is 1.79 bits per heavy atom. The third-order valence-electron chi connectivity index (χ3n) is 3.62. The monoisotopic (exact) mass is 341 g/mol. The number of methoxy groups -OCH3 is 1. The van der Waals surface area contributed by atoms with Crippen molar-refractivity contribution in [3.8, 4) is 5.75 Å². The zero-order valence-electron chi connectivity index (χ0n) is 13.2. The van der Waals surface area contributed by atoms with Gasteiger partial charge in [-0.3, -0.25) is 0 Å². The molecule has 1 heterocycles. The van der Waals surface area contributed by atoms with Crippen molar-refractivity contribution >= 4 is 29.5 Å². The molecule has 1 aliphatic heterocycles. The van der Waals surface area contributed by atoms with Gasteiger partial charge in [0, 0.05) is 11.4 Å². The van der Waals surface area contributed by atoms with Crippen molar-refractivity contribution in [2.24, 2.45) is 4.99 Å². The normalized spacial score (nSPS) is 15.3. The van der Waals surface area contributed by atoms with Crippen LogP contribution in [0.5, 0.6) is 5.75 Å². The maximum atomic E-state index is 11.9. The Morgan fingerprint density at radius 3 is 2.46 bits per heavy atom. The number of hydrogen-bond acceptors (Lipinski definition) is 4. The molecule has 0 aliphatic carbocycles. The van der Waals surface area contributed by atoms with E-state index in [4.69, 9.17) is 21.1 Å². The summed E-state index contributed by atoms with van der Waals surface area (Å²) < 4.78 is 10.4. The zero-order chi connectivity index (χ0) is 16.9. The van der Waals surface area contributed by atoms with Gasteiger partial charge >= 0.3 is 5.97 Å². The van der Waals surface area contributed by atoms with Gasteiger partial charge in [0.2, 0.25) is 0 Å². The minimum absolute atomic E-state index is 0.307. The molecule has 0 saturated carbocycles. The van der Waals surface area contributed by atoms with E-state index in [0.29, 0.717) is 23.0 Å². The molecule has 24 heavy (non-hydrogen) atoms. The number of aliphatic imine (C=N–C) groups is 1. The molecule has 1 aliphatic rings. The highest BCUT2D eigenvalue weighted by Crippen LogP contribution is 2.20. The Kier molecular flexibility index (Phi) is 4.96. The molecule has 0 atom stereocenters. The Balaban J connectivity index is 1.66. The average Bonchev–Trinajstić information content (AvgIpc) is 2.95. The molecule has 3 rings (SSSR count). The first-order valence-electron chi connectivity index (χ1n) is 7.54. The van der Waals surface area contributed by atoms with Gasteiger partial charge in [0.25, 0.3) is 0 Å². The molecule has 0 unspecified atom stereocenters. The van der Waals surface area contributed by atoms with Crippen molar-refractivity contribution in [1.82, 2.24) is 0 Å². The molecule has 0 fully saturated rings. The SMILES string of the molecule is COc1ccc(CCC2=N/C(=C/c3ccc(Cl)cc3)C(=O)O2)cc1. The van der Waals surface area contributed by atoms with Gasteiger partial charge in [-0.15, -0.1) is 0 Å². The van der Waals surface area contributed by atoms with Gasteiger partial charge in [0.1, 0.15) is 5.75 Å². The number of carbonyl (C=O) groups is 1. The van der Waals surface area contributed by atoms with E-state index in [-0.39, 0.29) is 0 Å². The molecule has 0 saturated heterocycles. The molecule has 0 N–H and O–H groups in total. The summed E-state index contributed by atoms with van der Waals surface area (Å²) >= 11 is 5.85. The Morgan fingerprint density at radius 1 is 1.08 bits per heavy atom. The molecular formula is C19H16ClNO3. The molecule has 2 aromatic rings. The highest BCUT2D eigenvalue weighted by atomic mass is 35.5. The lowest BCUT2D eigenvalue weighted by Crippen LogP contribution is -2.05. The molecule has 0 amide bonds. The second kappa shape index (κ2) is 7.32. The number of benzene rings is 2. The van der Waals surface area contributed by atoms with Gasteiger partial charge in [0.15, 0.2) is 11.6 Å². The van der Waals surface area contributed by atoms with Crippen molar-refractivity contribution in [3.63, 3.8) is 0 Å². The van der Waals surface area contributed by atoms with Gasteiger partial charge in [-0.25, -0.2) is 9.79 Å². The van der Waals surface area contributed by atoms with Gasteiger partial charge < -0.3 is 9.47 Å². The van der Waals surface area contributed by atoms with Crippen LogP contribution in [0.4, 0.5) is 0 Å². The maximum absolute atomic E-state index is 11.9. The third kappa shape index (κ3) is 4.03. The van der Waals surface area contributed by atoms with Crippen LogP contribution in [0.1, 0.15) is 17.5 Å². The maximum Gasteiger partial charge on any atom is 0.363 e. The fourth-order valence-corrected chi connectivity index (χ4v) is 2.45. The number of ether oxygens (including phenoxy) is 2. The van der Waals surface area contributed by atoms with Crippen LogP contribution in [-0.4, -0.2) is 19.0 Å². The number of esters is 1. The second-order valence-corrected chi connectivity index (χ2v) is 5.76. The first kappa shape index (κ1) is 16.3. The standard InChI is InChI=1S/C19H16ClNO3/c1-23-16-9-4-13(5-10-16)6-11-18-21-17(19(22)24-18)12-14-2-7-15(20)8-3-14/h2-5,7-10,12H,6,11H2,1H3/b17-12+. The number of carbonyl (C=O) groups excluding carboxylic acids is 1. The summed E-state index contributed by atoms with van der Waals surface area (Å²) in [4.78, 5) is 16.2. The van der Waals surface area contributed by atoms with Crippen LogP contribution >= 0.6 is 11.6 Å². The zero-order valence-corrected chi connectivity index (χ0v) is 13.9. The van der Waals surface area contributed by atoms with E-state index in [1.165, 1.54) is 0 Å². The lowest BCUT2D eigenvalue weighted by atomic mass is 10.1. The predicted octanol–water partition coefficient (Wildman–Crippen LogP) is 4.28. The summed E-state index contributed by atoms with van der Waals surface area (Å²) in [7, 11) is 1.64. The van der Waals surface area contributed by atoms with Crippen LogP contribution in [0.2, 0.25) is 5.02 Å². The first-order valence-corrected chi connectivity index (χ1v) is 7.92. The fraction of sp³-hybridized carbons (Fsp3) is 0.158. The first-order chi connectivity index (χ1) is 11.6. The van der Waals surface area contributed by atoms with E-state index in [2.05, 4.69) is 4.99 Å². The van der Waals surface area contributed by atoms with Crippen LogP contribution in [-0.2, 0) is 16.0 Å². The highest BCUT2D eigenvalue weighted by molar-refractivity contribution is 6.30. The summed E-state index contributed by atoms with van der Waals surface area (Å²) in [5.41, 5.74) is 2.29. The molecule has 122 valence electrons. The van der Waals surface area contributed by atoms with E-state index in [1.807, 2.05) is 36.4 Å². The quantitative estimate of drug-likeness (QED) is 0.602. The van der Waals surface area contributed by atoms with Crippen LogP contribution in [0, 0.1) is 0 Å². The van der Waals surface area contributed by atoms with Crippen molar-refractivity contribution < 1.29 is 14.3 Å². The predicted molar refractivity (Wildman–Crippen MR) is 94.3 cm³/mol. The van der Waals surface area contributed by atoms with E-state index in [1.54, 1.807) is 25.3 Å². The highest BCUT2D eigenvalue weighted by Gasteiger charge is 2.22. The van der Waals surface area contributed by atoms with E-state index in [0.717, 1.165) is 23.3 Å². The van der Waals surface area contributed by atoms with Crippen molar-refractivity contribution in [3.05, 3.63) is 70.4 Å². The van der Waals surface area contributed by atoms with Gasteiger partial charge in [-0.1, -0.05) is 35.9 Å².